The standard InChI is InChI=1S/C14H18N4O2/c1-9-4-5-12(11(3)6-9)14-15-16-17-18(14)8-10(2)7-13(19)20/h4-6,10H,7-8H2,1-3H3,(H,19,20). The summed E-state index contributed by atoms with van der Waals surface area (Å²) in [5.41, 5.74) is 3.26. The van der Waals surface area contributed by atoms with E-state index in [9.17, 15) is 4.79 Å². The third-order valence-corrected chi connectivity index (χ3v) is 3.16. The lowest BCUT2D eigenvalue weighted by atomic mass is 10.0. The highest BCUT2D eigenvalue weighted by Crippen LogP contribution is 2.22. The lowest BCUT2D eigenvalue weighted by molar-refractivity contribution is -0.138. The summed E-state index contributed by atoms with van der Waals surface area (Å²) in [6.07, 6.45) is 0.103. The molecule has 0 aliphatic heterocycles. The van der Waals surface area contributed by atoms with Crippen molar-refractivity contribution in [2.75, 3.05) is 0 Å². The first-order valence-corrected chi connectivity index (χ1v) is 6.53. The molecule has 0 fully saturated rings. The van der Waals surface area contributed by atoms with E-state index in [4.69, 9.17) is 5.11 Å². The average Bonchev–Trinajstić information content (AvgIpc) is 2.75. The van der Waals surface area contributed by atoms with Gasteiger partial charge in [0.1, 0.15) is 0 Å². The molecule has 0 spiro atoms. The predicted molar refractivity (Wildman–Crippen MR) is 74.1 cm³/mol. The highest BCUT2D eigenvalue weighted by Gasteiger charge is 2.15. The maximum absolute atomic E-state index is 10.7. The number of benzene rings is 1. The number of carboxylic acid groups (broad SMARTS) is 1. The Kier molecular flexibility index (Phi) is 4.12. The van der Waals surface area contributed by atoms with E-state index in [0.29, 0.717) is 12.4 Å². The summed E-state index contributed by atoms with van der Waals surface area (Å²) in [6.45, 7) is 6.42. The molecular formula is C14H18N4O2. The van der Waals surface area contributed by atoms with Gasteiger partial charge in [-0.05, 0) is 35.8 Å². The molecule has 6 heteroatoms. The minimum atomic E-state index is -0.807. The average molecular weight is 274 g/mol. The number of tetrazole rings is 1. The van der Waals surface area contributed by atoms with Crippen LogP contribution in [0.3, 0.4) is 0 Å². The minimum Gasteiger partial charge on any atom is -0.481 e. The van der Waals surface area contributed by atoms with Gasteiger partial charge in [0.15, 0.2) is 5.82 Å². The lowest BCUT2D eigenvalue weighted by Crippen LogP contribution is -2.14. The Labute approximate surface area is 117 Å². The summed E-state index contributed by atoms with van der Waals surface area (Å²) < 4.78 is 1.67. The molecule has 1 aromatic carbocycles. The molecule has 2 rings (SSSR count). The number of aromatic nitrogens is 4. The van der Waals surface area contributed by atoms with E-state index in [2.05, 4.69) is 21.6 Å². The van der Waals surface area contributed by atoms with Crippen LogP contribution < -0.4 is 0 Å². The van der Waals surface area contributed by atoms with Crippen molar-refractivity contribution in [3.05, 3.63) is 29.3 Å². The summed E-state index contributed by atoms with van der Waals surface area (Å²) in [4.78, 5) is 10.7. The lowest BCUT2D eigenvalue weighted by Gasteiger charge is -2.11. The van der Waals surface area contributed by atoms with Gasteiger partial charge in [-0.15, -0.1) is 5.10 Å². The molecule has 20 heavy (non-hydrogen) atoms. The van der Waals surface area contributed by atoms with Crippen LogP contribution in [0.15, 0.2) is 18.2 Å². The largest absolute Gasteiger partial charge is 0.481 e. The monoisotopic (exact) mass is 274 g/mol. The van der Waals surface area contributed by atoms with Gasteiger partial charge >= 0.3 is 5.97 Å². The number of carboxylic acids is 1. The molecule has 106 valence electrons. The van der Waals surface area contributed by atoms with E-state index in [1.807, 2.05) is 32.9 Å². The quantitative estimate of drug-likeness (QED) is 0.902. The van der Waals surface area contributed by atoms with E-state index in [-0.39, 0.29) is 12.3 Å². The number of hydrogen-bond donors (Lipinski definition) is 1. The van der Waals surface area contributed by atoms with Crippen molar-refractivity contribution in [2.24, 2.45) is 5.92 Å². The smallest absolute Gasteiger partial charge is 0.303 e. The highest BCUT2D eigenvalue weighted by molar-refractivity contribution is 5.67. The fraction of sp³-hybridized carbons (Fsp3) is 0.429. The van der Waals surface area contributed by atoms with Crippen molar-refractivity contribution in [1.29, 1.82) is 0 Å². The molecule has 0 saturated heterocycles. The predicted octanol–water partition coefficient (Wildman–Crippen LogP) is 2.07. The fourth-order valence-corrected chi connectivity index (χ4v) is 2.24. The van der Waals surface area contributed by atoms with Crippen molar-refractivity contribution in [3.63, 3.8) is 0 Å². The van der Waals surface area contributed by atoms with E-state index in [1.165, 1.54) is 5.56 Å². The second kappa shape index (κ2) is 5.81. The molecule has 0 aliphatic carbocycles. The zero-order valence-electron chi connectivity index (χ0n) is 11.9. The van der Waals surface area contributed by atoms with Crippen LogP contribution in [0, 0.1) is 19.8 Å². The van der Waals surface area contributed by atoms with Gasteiger partial charge in [0.25, 0.3) is 0 Å². The third-order valence-electron chi connectivity index (χ3n) is 3.16. The zero-order valence-corrected chi connectivity index (χ0v) is 11.9. The Bertz CT molecular complexity index is 621. The van der Waals surface area contributed by atoms with Crippen molar-refractivity contribution in [3.8, 4) is 11.4 Å². The van der Waals surface area contributed by atoms with Crippen molar-refractivity contribution in [2.45, 2.75) is 33.7 Å². The van der Waals surface area contributed by atoms with E-state index in [1.54, 1.807) is 4.68 Å². The molecule has 6 nitrogen and oxygen atoms in total. The molecule has 1 heterocycles. The molecule has 0 aliphatic rings. The Balaban J connectivity index is 2.26. The maximum Gasteiger partial charge on any atom is 0.303 e. The van der Waals surface area contributed by atoms with E-state index < -0.39 is 5.97 Å². The van der Waals surface area contributed by atoms with Crippen LogP contribution in [0.25, 0.3) is 11.4 Å². The van der Waals surface area contributed by atoms with Gasteiger partial charge in [-0.3, -0.25) is 4.79 Å². The summed E-state index contributed by atoms with van der Waals surface area (Å²) in [6, 6.07) is 6.09. The molecule has 0 saturated carbocycles. The fourth-order valence-electron chi connectivity index (χ4n) is 2.24. The van der Waals surface area contributed by atoms with Crippen LogP contribution in [-0.4, -0.2) is 31.3 Å². The molecule has 0 bridgehead atoms. The van der Waals surface area contributed by atoms with Crippen LogP contribution in [-0.2, 0) is 11.3 Å². The third kappa shape index (κ3) is 3.20. The number of aliphatic carboxylic acids is 1. The number of hydrogen-bond acceptors (Lipinski definition) is 4. The van der Waals surface area contributed by atoms with Crippen molar-refractivity contribution >= 4 is 5.97 Å². The number of nitrogens with zero attached hydrogens (tertiary/aromatic N) is 4. The first kappa shape index (κ1) is 14.2. The molecule has 2 aromatic rings. The molecule has 0 radical (unpaired) electrons. The first-order chi connectivity index (χ1) is 9.47. The van der Waals surface area contributed by atoms with Crippen molar-refractivity contribution in [1.82, 2.24) is 20.2 Å². The van der Waals surface area contributed by atoms with Crippen LogP contribution >= 0.6 is 0 Å². The van der Waals surface area contributed by atoms with Gasteiger partial charge in [0.2, 0.25) is 0 Å². The maximum atomic E-state index is 10.7. The number of aryl methyl sites for hydroxylation is 2. The summed E-state index contributed by atoms with van der Waals surface area (Å²) in [5, 5.41) is 20.6. The van der Waals surface area contributed by atoms with Gasteiger partial charge in [0, 0.05) is 18.5 Å². The second-order valence-corrected chi connectivity index (χ2v) is 5.21. The Morgan fingerprint density at radius 1 is 1.40 bits per heavy atom. The van der Waals surface area contributed by atoms with E-state index in [0.717, 1.165) is 11.1 Å². The molecule has 1 N–H and O–H groups in total. The normalized spacial score (nSPS) is 12.3. The number of carbonyl (C=O) groups is 1. The second-order valence-electron chi connectivity index (χ2n) is 5.21. The van der Waals surface area contributed by atoms with Gasteiger partial charge in [-0.1, -0.05) is 30.7 Å². The van der Waals surface area contributed by atoms with Crippen LogP contribution in [0.5, 0.6) is 0 Å². The van der Waals surface area contributed by atoms with Gasteiger partial charge in [-0.2, -0.15) is 0 Å². The van der Waals surface area contributed by atoms with E-state index >= 15 is 0 Å². The Morgan fingerprint density at radius 2 is 2.15 bits per heavy atom. The SMILES string of the molecule is Cc1ccc(-c2nnnn2CC(C)CC(=O)O)c(C)c1. The highest BCUT2D eigenvalue weighted by atomic mass is 16.4. The Morgan fingerprint density at radius 3 is 2.80 bits per heavy atom. The Hall–Kier alpha value is -2.24. The number of rotatable bonds is 5. The summed E-state index contributed by atoms with van der Waals surface area (Å²) in [7, 11) is 0. The molecule has 1 unspecified atom stereocenters. The van der Waals surface area contributed by atoms with Crippen LogP contribution in [0.4, 0.5) is 0 Å². The summed E-state index contributed by atoms with van der Waals surface area (Å²) >= 11 is 0. The molecule has 1 aromatic heterocycles. The first-order valence-electron chi connectivity index (χ1n) is 6.53. The van der Waals surface area contributed by atoms with Crippen LogP contribution in [0.2, 0.25) is 0 Å². The summed E-state index contributed by atoms with van der Waals surface area (Å²) in [5.74, 6) is -0.154. The minimum absolute atomic E-state index is 0.0273. The van der Waals surface area contributed by atoms with Crippen LogP contribution in [0.1, 0.15) is 24.5 Å². The molecule has 0 amide bonds. The molecular weight excluding hydrogens is 256 g/mol. The van der Waals surface area contributed by atoms with Crippen molar-refractivity contribution < 1.29 is 9.90 Å². The van der Waals surface area contributed by atoms with Gasteiger partial charge in [0.05, 0.1) is 0 Å². The molecule has 1 atom stereocenters. The topological polar surface area (TPSA) is 80.9 Å². The van der Waals surface area contributed by atoms with Gasteiger partial charge < -0.3 is 5.11 Å². The van der Waals surface area contributed by atoms with Gasteiger partial charge in [-0.25, -0.2) is 4.68 Å². The zero-order chi connectivity index (χ0) is 14.7.